The van der Waals surface area contributed by atoms with Crippen LogP contribution in [0.25, 0.3) is 17.3 Å². The van der Waals surface area contributed by atoms with Gasteiger partial charge in [0.2, 0.25) is 0 Å². The van der Waals surface area contributed by atoms with Crippen LogP contribution < -0.4 is 5.32 Å². The number of thiazole rings is 1. The van der Waals surface area contributed by atoms with Crippen molar-refractivity contribution in [2.45, 2.75) is 13.0 Å². The van der Waals surface area contributed by atoms with Crippen molar-refractivity contribution < 1.29 is 27.5 Å². The van der Waals surface area contributed by atoms with Crippen molar-refractivity contribution in [3.05, 3.63) is 76.9 Å². The summed E-state index contributed by atoms with van der Waals surface area (Å²) in [4.78, 5) is 28.2. The number of carbonyl (C=O) groups is 2. The fourth-order valence-corrected chi connectivity index (χ4v) is 3.08. The highest BCUT2D eigenvalue weighted by atomic mass is 32.1. The predicted octanol–water partition coefficient (Wildman–Crippen LogP) is 4.81. The van der Waals surface area contributed by atoms with E-state index in [4.69, 9.17) is 4.74 Å². The number of aromatic nitrogens is 1. The first-order valence-electron chi connectivity index (χ1n) is 8.68. The number of amides is 1. The van der Waals surface area contributed by atoms with Gasteiger partial charge in [0, 0.05) is 22.6 Å². The third kappa shape index (κ3) is 5.32. The van der Waals surface area contributed by atoms with E-state index >= 15 is 0 Å². The zero-order chi connectivity index (χ0) is 21.7. The average Bonchev–Trinajstić information content (AvgIpc) is 3.18. The summed E-state index contributed by atoms with van der Waals surface area (Å²) in [6.45, 7) is 1.37. The summed E-state index contributed by atoms with van der Waals surface area (Å²) in [6, 6.07) is 9.24. The zero-order valence-corrected chi connectivity index (χ0v) is 16.4. The number of hydrogen-bond donors (Lipinski definition) is 1. The highest BCUT2D eigenvalue weighted by molar-refractivity contribution is 7.14. The topological polar surface area (TPSA) is 68.3 Å². The van der Waals surface area contributed by atoms with Crippen LogP contribution in [0, 0.1) is 17.5 Å². The van der Waals surface area contributed by atoms with E-state index in [9.17, 15) is 22.8 Å². The van der Waals surface area contributed by atoms with Crippen molar-refractivity contribution in [3.8, 4) is 11.3 Å². The average molecular weight is 432 g/mol. The minimum Gasteiger partial charge on any atom is -0.449 e. The van der Waals surface area contributed by atoms with Gasteiger partial charge >= 0.3 is 5.97 Å². The fraction of sp³-hybridized carbons (Fsp3) is 0.0952. The number of nitrogens with one attached hydrogen (secondary N) is 1. The van der Waals surface area contributed by atoms with E-state index in [1.165, 1.54) is 37.3 Å². The van der Waals surface area contributed by atoms with E-state index in [-0.39, 0.29) is 10.7 Å². The smallest absolute Gasteiger partial charge is 0.331 e. The predicted molar refractivity (Wildman–Crippen MR) is 107 cm³/mol. The molecule has 0 spiro atoms. The van der Waals surface area contributed by atoms with E-state index in [2.05, 4.69) is 10.3 Å². The quantitative estimate of drug-likeness (QED) is 0.448. The molecule has 0 bridgehead atoms. The van der Waals surface area contributed by atoms with E-state index in [1.54, 1.807) is 11.4 Å². The zero-order valence-electron chi connectivity index (χ0n) is 15.6. The van der Waals surface area contributed by atoms with Crippen molar-refractivity contribution in [3.63, 3.8) is 0 Å². The molecule has 1 aromatic heterocycles. The maximum atomic E-state index is 13.5. The third-order valence-electron chi connectivity index (χ3n) is 3.92. The van der Waals surface area contributed by atoms with Crippen molar-refractivity contribution >= 4 is 34.4 Å². The minimum atomic E-state index is -1.14. The molecule has 9 heteroatoms. The molecular weight excluding hydrogens is 417 g/mol. The Bertz CT molecular complexity index is 1110. The molecule has 1 unspecified atom stereocenters. The van der Waals surface area contributed by atoms with E-state index < -0.39 is 35.4 Å². The van der Waals surface area contributed by atoms with Crippen LogP contribution in [0.4, 0.5) is 18.3 Å². The molecule has 30 heavy (non-hydrogen) atoms. The molecule has 0 radical (unpaired) electrons. The first-order valence-corrected chi connectivity index (χ1v) is 9.56. The molecule has 3 rings (SSSR count). The second-order valence-corrected chi connectivity index (χ2v) is 6.95. The lowest BCUT2D eigenvalue weighted by atomic mass is 10.2. The Balaban J connectivity index is 1.58. The SMILES string of the molecule is CC(OC(=O)C=Cc1ccccc1F)C(=O)Nc1nc(-c2ccc(F)c(F)c2)cs1. The van der Waals surface area contributed by atoms with E-state index in [0.29, 0.717) is 11.3 Å². The summed E-state index contributed by atoms with van der Waals surface area (Å²) in [5, 5.41) is 4.25. The number of esters is 1. The Hall–Kier alpha value is -3.46. The van der Waals surface area contributed by atoms with Crippen LogP contribution in [-0.2, 0) is 14.3 Å². The van der Waals surface area contributed by atoms with Gasteiger partial charge in [-0.25, -0.2) is 22.9 Å². The summed E-state index contributed by atoms with van der Waals surface area (Å²) in [5.41, 5.74) is 0.911. The highest BCUT2D eigenvalue weighted by Crippen LogP contribution is 2.26. The summed E-state index contributed by atoms with van der Waals surface area (Å²) >= 11 is 1.07. The number of hydrogen-bond acceptors (Lipinski definition) is 5. The summed E-state index contributed by atoms with van der Waals surface area (Å²) in [6.07, 6.45) is 1.13. The van der Waals surface area contributed by atoms with Crippen LogP contribution >= 0.6 is 11.3 Å². The second-order valence-electron chi connectivity index (χ2n) is 6.09. The fourth-order valence-electron chi connectivity index (χ4n) is 2.36. The Morgan fingerprint density at radius 1 is 1.10 bits per heavy atom. The maximum absolute atomic E-state index is 13.5. The minimum absolute atomic E-state index is 0.199. The lowest BCUT2D eigenvalue weighted by molar-refractivity contribution is -0.148. The number of benzene rings is 2. The number of nitrogens with zero attached hydrogens (tertiary/aromatic N) is 1. The monoisotopic (exact) mass is 432 g/mol. The van der Waals surface area contributed by atoms with E-state index in [1.807, 2.05) is 0 Å². The van der Waals surface area contributed by atoms with Gasteiger partial charge in [-0.15, -0.1) is 11.3 Å². The van der Waals surface area contributed by atoms with Crippen LogP contribution in [0.3, 0.4) is 0 Å². The molecule has 0 aliphatic carbocycles. The lowest BCUT2D eigenvalue weighted by Gasteiger charge is -2.10. The molecule has 0 saturated carbocycles. The standard InChI is InChI=1S/C21H15F3N2O3S/c1-12(29-19(27)9-7-13-4-2-3-5-15(13)22)20(28)26-21-25-18(11-30-21)14-6-8-16(23)17(24)10-14/h2-12H,1H3,(H,25,26,28). The van der Waals surface area contributed by atoms with Crippen molar-refractivity contribution in [1.29, 1.82) is 0 Å². The Morgan fingerprint density at radius 3 is 2.60 bits per heavy atom. The molecule has 1 atom stereocenters. The molecule has 0 saturated heterocycles. The van der Waals surface area contributed by atoms with Crippen LogP contribution in [0.15, 0.2) is 53.9 Å². The molecule has 1 N–H and O–H groups in total. The second kappa shape index (κ2) is 9.36. The van der Waals surface area contributed by atoms with E-state index in [0.717, 1.165) is 29.5 Å². The molecule has 1 amide bonds. The van der Waals surface area contributed by atoms with Crippen LogP contribution in [0.2, 0.25) is 0 Å². The highest BCUT2D eigenvalue weighted by Gasteiger charge is 2.18. The number of rotatable bonds is 6. The first-order chi connectivity index (χ1) is 14.3. The molecule has 0 fully saturated rings. The molecule has 3 aromatic rings. The van der Waals surface area contributed by atoms with Gasteiger partial charge in [-0.2, -0.15) is 0 Å². The molecule has 1 heterocycles. The van der Waals surface area contributed by atoms with Crippen LogP contribution in [-0.4, -0.2) is 23.0 Å². The summed E-state index contributed by atoms with van der Waals surface area (Å²) in [7, 11) is 0. The summed E-state index contributed by atoms with van der Waals surface area (Å²) in [5.74, 6) is -3.92. The Labute approximate surface area is 173 Å². The van der Waals surface area contributed by atoms with Crippen molar-refractivity contribution in [2.24, 2.45) is 0 Å². The molecule has 0 aliphatic heterocycles. The normalized spacial score (nSPS) is 12.0. The first kappa shape index (κ1) is 21.3. The maximum Gasteiger partial charge on any atom is 0.331 e. The third-order valence-corrected chi connectivity index (χ3v) is 4.67. The van der Waals surface area contributed by atoms with Gasteiger partial charge in [-0.1, -0.05) is 18.2 Å². The number of halogens is 3. The lowest BCUT2D eigenvalue weighted by Crippen LogP contribution is -2.29. The van der Waals surface area contributed by atoms with Crippen molar-refractivity contribution in [1.82, 2.24) is 4.98 Å². The van der Waals surface area contributed by atoms with Crippen LogP contribution in [0.1, 0.15) is 12.5 Å². The Kier molecular flexibility index (Phi) is 6.63. The Morgan fingerprint density at radius 2 is 1.87 bits per heavy atom. The van der Waals surface area contributed by atoms with Gasteiger partial charge in [0.1, 0.15) is 5.82 Å². The molecular formula is C21H15F3N2O3S. The summed E-state index contributed by atoms with van der Waals surface area (Å²) < 4.78 is 44.9. The number of anilines is 1. The largest absolute Gasteiger partial charge is 0.449 e. The van der Waals surface area contributed by atoms with Crippen LogP contribution in [0.5, 0.6) is 0 Å². The van der Waals surface area contributed by atoms with Gasteiger partial charge in [0.25, 0.3) is 5.91 Å². The number of ether oxygens (including phenoxy) is 1. The van der Waals surface area contributed by atoms with Gasteiger partial charge in [0.15, 0.2) is 22.9 Å². The molecule has 0 aliphatic rings. The van der Waals surface area contributed by atoms with Gasteiger partial charge in [-0.05, 0) is 37.3 Å². The van der Waals surface area contributed by atoms with Gasteiger partial charge < -0.3 is 4.74 Å². The molecule has 5 nitrogen and oxygen atoms in total. The van der Waals surface area contributed by atoms with Gasteiger partial charge in [0.05, 0.1) is 5.69 Å². The van der Waals surface area contributed by atoms with Crippen molar-refractivity contribution in [2.75, 3.05) is 5.32 Å². The number of carbonyl (C=O) groups excluding carboxylic acids is 2. The molecule has 2 aromatic carbocycles. The van der Waals surface area contributed by atoms with Gasteiger partial charge in [-0.3, -0.25) is 10.1 Å². The molecule has 154 valence electrons.